The highest BCUT2D eigenvalue weighted by Gasteiger charge is 2.05. The van der Waals surface area contributed by atoms with Gasteiger partial charge in [-0.25, -0.2) is 0 Å². The van der Waals surface area contributed by atoms with Gasteiger partial charge in [-0.15, -0.1) is 0 Å². The first-order chi connectivity index (χ1) is 12.8. The van der Waals surface area contributed by atoms with Crippen LogP contribution in [-0.2, 0) is 17.6 Å². The van der Waals surface area contributed by atoms with Gasteiger partial charge >= 0.3 is 0 Å². The summed E-state index contributed by atoms with van der Waals surface area (Å²) in [6, 6.07) is 22.7. The maximum Gasteiger partial charge on any atom is 0.220 e. The largest absolute Gasteiger partial charge is 0.497 e. The Morgan fingerprint density at radius 2 is 1.69 bits per heavy atom. The molecule has 0 aliphatic rings. The van der Waals surface area contributed by atoms with Crippen LogP contribution in [0.3, 0.4) is 0 Å². The lowest BCUT2D eigenvalue weighted by Gasteiger charge is -2.08. The Labute approximate surface area is 155 Å². The quantitative estimate of drug-likeness (QED) is 0.608. The van der Waals surface area contributed by atoms with Gasteiger partial charge in [0.25, 0.3) is 0 Å². The summed E-state index contributed by atoms with van der Waals surface area (Å²) in [6.45, 7) is 0.709. The van der Waals surface area contributed by atoms with Crippen LogP contribution >= 0.6 is 0 Å². The fourth-order valence-electron chi connectivity index (χ4n) is 3.16. The van der Waals surface area contributed by atoms with Crippen molar-refractivity contribution >= 4 is 16.7 Å². The molecule has 134 valence electrons. The molecule has 0 heterocycles. The van der Waals surface area contributed by atoms with Crippen molar-refractivity contribution < 1.29 is 9.53 Å². The molecule has 0 fully saturated rings. The number of carbonyl (C=O) groups is 1. The minimum Gasteiger partial charge on any atom is -0.497 e. The molecule has 0 spiro atoms. The van der Waals surface area contributed by atoms with E-state index in [9.17, 15) is 4.79 Å². The number of hydrogen-bond acceptors (Lipinski definition) is 2. The molecule has 0 bridgehead atoms. The number of rotatable bonds is 8. The summed E-state index contributed by atoms with van der Waals surface area (Å²) in [5, 5.41) is 5.50. The van der Waals surface area contributed by atoms with Crippen LogP contribution in [0, 0.1) is 0 Å². The summed E-state index contributed by atoms with van der Waals surface area (Å²) in [7, 11) is 1.67. The second-order valence-electron chi connectivity index (χ2n) is 6.44. The number of benzene rings is 3. The Bertz CT molecular complexity index is 850. The monoisotopic (exact) mass is 347 g/mol. The van der Waals surface area contributed by atoms with Gasteiger partial charge in [0.2, 0.25) is 5.91 Å². The molecule has 3 nitrogen and oxygen atoms in total. The second-order valence-corrected chi connectivity index (χ2v) is 6.44. The topological polar surface area (TPSA) is 38.3 Å². The van der Waals surface area contributed by atoms with Crippen molar-refractivity contribution in [3.05, 3.63) is 77.9 Å². The summed E-state index contributed by atoms with van der Waals surface area (Å²) >= 11 is 0. The third-order valence-corrected chi connectivity index (χ3v) is 4.62. The van der Waals surface area contributed by atoms with Crippen LogP contribution < -0.4 is 10.1 Å². The lowest BCUT2D eigenvalue weighted by Crippen LogP contribution is -2.25. The molecule has 0 aromatic heterocycles. The van der Waals surface area contributed by atoms with Gasteiger partial charge in [-0.2, -0.15) is 0 Å². The fraction of sp³-hybridized carbons (Fsp3) is 0.261. The molecule has 1 N–H and O–H groups in total. The predicted molar refractivity (Wildman–Crippen MR) is 107 cm³/mol. The number of fused-ring (bicyclic) bond motifs is 1. The van der Waals surface area contributed by atoms with E-state index >= 15 is 0 Å². The fourth-order valence-corrected chi connectivity index (χ4v) is 3.16. The molecule has 1 amide bonds. The molecule has 3 rings (SSSR count). The molecule has 26 heavy (non-hydrogen) atoms. The molecule has 0 saturated carbocycles. The molecule has 0 aliphatic carbocycles. The molecular weight excluding hydrogens is 322 g/mol. The van der Waals surface area contributed by atoms with E-state index in [0.717, 1.165) is 25.0 Å². The van der Waals surface area contributed by atoms with Gasteiger partial charge < -0.3 is 10.1 Å². The molecule has 0 saturated heterocycles. The highest BCUT2D eigenvalue weighted by atomic mass is 16.5. The number of ether oxygens (including phenoxy) is 1. The number of carbonyl (C=O) groups excluding carboxylic acids is 1. The molecular formula is C23H25NO2. The van der Waals surface area contributed by atoms with E-state index in [4.69, 9.17) is 4.74 Å². The van der Waals surface area contributed by atoms with E-state index in [1.807, 2.05) is 24.3 Å². The standard InChI is InChI=1S/C23H25NO2/c1-26-21-14-11-18(12-15-21)6-5-17-24-23(25)16-13-20-9-4-8-19-7-2-3-10-22(19)20/h2-4,7-12,14-15H,5-6,13,16-17H2,1H3,(H,24,25). The Kier molecular flexibility index (Phi) is 6.26. The number of nitrogens with one attached hydrogen (secondary N) is 1. The van der Waals surface area contributed by atoms with Crippen LogP contribution in [0.1, 0.15) is 24.0 Å². The van der Waals surface area contributed by atoms with Gasteiger partial charge in [0.05, 0.1) is 7.11 Å². The van der Waals surface area contributed by atoms with E-state index in [1.165, 1.54) is 21.9 Å². The SMILES string of the molecule is COc1ccc(CCCNC(=O)CCc2cccc3ccccc23)cc1. The van der Waals surface area contributed by atoms with Gasteiger partial charge in [-0.05, 0) is 53.3 Å². The highest BCUT2D eigenvalue weighted by Crippen LogP contribution is 2.19. The number of hydrogen-bond donors (Lipinski definition) is 1. The molecule has 0 unspecified atom stereocenters. The average Bonchev–Trinajstić information content (AvgIpc) is 2.70. The van der Waals surface area contributed by atoms with Gasteiger partial charge in [0.1, 0.15) is 5.75 Å². The van der Waals surface area contributed by atoms with Crippen molar-refractivity contribution in [2.75, 3.05) is 13.7 Å². The van der Waals surface area contributed by atoms with Gasteiger partial charge in [0.15, 0.2) is 0 Å². The zero-order chi connectivity index (χ0) is 18.2. The first-order valence-corrected chi connectivity index (χ1v) is 9.12. The van der Waals surface area contributed by atoms with E-state index in [2.05, 4.69) is 47.8 Å². The van der Waals surface area contributed by atoms with Crippen LogP contribution in [0.4, 0.5) is 0 Å². The first kappa shape index (κ1) is 18.0. The summed E-state index contributed by atoms with van der Waals surface area (Å²) in [5.74, 6) is 0.989. The van der Waals surface area contributed by atoms with Crippen LogP contribution in [0.5, 0.6) is 5.75 Å². The van der Waals surface area contributed by atoms with E-state index in [-0.39, 0.29) is 5.91 Å². The minimum absolute atomic E-state index is 0.118. The Morgan fingerprint density at radius 3 is 2.50 bits per heavy atom. The molecule has 0 atom stereocenters. The lowest BCUT2D eigenvalue weighted by molar-refractivity contribution is -0.121. The van der Waals surface area contributed by atoms with Gasteiger partial charge in [0, 0.05) is 13.0 Å². The third kappa shape index (κ3) is 4.85. The third-order valence-electron chi connectivity index (χ3n) is 4.62. The molecule has 0 aliphatic heterocycles. The molecule has 3 aromatic carbocycles. The zero-order valence-electron chi connectivity index (χ0n) is 15.2. The highest BCUT2D eigenvalue weighted by molar-refractivity contribution is 5.86. The summed E-state index contributed by atoms with van der Waals surface area (Å²) < 4.78 is 5.16. The average molecular weight is 347 g/mol. The van der Waals surface area contributed by atoms with Crippen molar-refractivity contribution in [3.8, 4) is 5.75 Å². The van der Waals surface area contributed by atoms with Crippen molar-refractivity contribution in [3.63, 3.8) is 0 Å². The van der Waals surface area contributed by atoms with Crippen molar-refractivity contribution in [1.29, 1.82) is 0 Å². The maximum absolute atomic E-state index is 12.1. The molecule has 0 radical (unpaired) electrons. The van der Waals surface area contributed by atoms with E-state index in [0.29, 0.717) is 13.0 Å². The van der Waals surface area contributed by atoms with Crippen molar-refractivity contribution in [1.82, 2.24) is 5.32 Å². The minimum atomic E-state index is 0.118. The zero-order valence-corrected chi connectivity index (χ0v) is 15.2. The smallest absolute Gasteiger partial charge is 0.220 e. The van der Waals surface area contributed by atoms with Crippen LogP contribution in [-0.4, -0.2) is 19.6 Å². The molecule has 3 heteroatoms. The van der Waals surface area contributed by atoms with E-state index < -0.39 is 0 Å². The van der Waals surface area contributed by atoms with Gasteiger partial charge in [-0.1, -0.05) is 54.6 Å². The Hall–Kier alpha value is -2.81. The van der Waals surface area contributed by atoms with Crippen molar-refractivity contribution in [2.24, 2.45) is 0 Å². The lowest BCUT2D eigenvalue weighted by atomic mass is 10.0. The molecule has 3 aromatic rings. The number of amides is 1. The number of methoxy groups -OCH3 is 1. The Balaban J connectivity index is 1.41. The Morgan fingerprint density at radius 1 is 0.923 bits per heavy atom. The predicted octanol–water partition coefficient (Wildman–Crippen LogP) is 4.53. The maximum atomic E-state index is 12.1. The van der Waals surface area contributed by atoms with Crippen molar-refractivity contribution in [2.45, 2.75) is 25.7 Å². The van der Waals surface area contributed by atoms with Crippen LogP contribution in [0.2, 0.25) is 0 Å². The normalized spacial score (nSPS) is 10.7. The summed E-state index contributed by atoms with van der Waals surface area (Å²) in [5.41, 5.74) is 2.49. The summed E-state index contributed by atoms with van der Waals surface area (Å²) in [4.78, 5) is 12.1. The summed E-state index contributed by atoms with van der Waals surface area (Å²) in [6.07, 6.45) is 3.18. The van der Waals surface area contributed by atoms with Crippen LogP contribution in [0.25, 0.3) is 10.8 Å². The number of aryl methyl sites for hydroxylation is 2. The first-order valence-electron chi connectivity index (χ1n) is 9.12. The second kappa shape index (κ2) is 9.04. The van der Waals surface area contributed by atoms with E-state index in [1.54, 1.807) is 7.11 Å². The van der Waals surface area contributed by atoms with Crippen LogP contribution in [0.15, 0.2) is 66.7 Å². The van der Waals surface area contributed by atoms with Gasteiger partial charge in [-0.3, -0.25) is 4.79 Å².